The first-order chi connectivity index (χ1) is 8.70. The van der Waals surface area contributed by atoms with Crippen molar-refractivity contribution >= 4 is 27.7 Å². The second-order valence-corrected chi connectivity index (χ2v) is 6.75. The Hall–Kier alpha value is -1.07. The number of anilines is 1. The van der Waals surface area contributed by atoms with Gasteiger partial charge in [-0.25, -0.2) is 4.79 Å². The second kappa shape index (κ2) is 4.80. The van der Waals surface area contributed by atoms with Gasteiger partial charge in [0.2, 0.25) is 0 Å². The van der Waals surface area contributed by atoms with Crippen molar-refractivity contribution in [3.63, 3.8) is 0 Å². The van der Waals surface area contributed by atoms with Gasteiger partial charge in [-0.15, -0.1) is 0 Å². The van der Waals surface area contributed by atoms with E-state index in [-0.39, 0.29) is 5.60 Å². The van der Waals surface area contributed by atoms with E-state index >= 15 is 0 Å². The Labute approximate surface area is 121 Å². The van der Waals surface area contributed by atoms with E-state index in [1.807, 2.05) is 45.9 Å². The third kappa shape index (κ3) is 3.70. The SMILES string of the molecule is CC(C)(C)OC(=O)Nc1cc(Br)ccc1C1(C)CO1. The Balaban J connectivity index is 2.20. The van der Waals surface area contributed by atoms with Gasteiger partial charge in [0.05, 0.1) is 12.3 Å². The molecule has 0 radical (unpaired) electrons. The third-order valence-corrected chi connectivity index (χ3v) is 3.26. The molecule has 0 bridgehead atoms. The zero-order valence-electron chi connectivity index (χ0n) is 11.5. The van der Waals surface area contributed by atoms with Crippen LogP contribution in [-0.2, 0) is 15.1 Å². The highest BCUT2D eigenvalue weighted by molar-refractivity contribution is 9.10. The molecule has 1 N–H and O–H groups in total. The molecule has 1 heterocycles. The van der Waals surface area contributed by atoms with E-state index in [2.05, 4.69) is 21.2 Å². The minimum absolute atomic E-state index is 0.301. The zero-order valence-corrected chi connectivity index (χ0v) is 13.1. The number of hydrogen-bond acceptors (Lipinski definition) is 3. The molecule has 1 fully saturated rings. The zero-order chi connectivity index (χ0) is 14.3. The number of ether oxygens (including phenoxy) is 2. The molecule has 0 aromatic heterocycles. The van der Waals surface area contributed by atoms with Gasteiger partial charge in [-0.1, -0.05) is 22.0 Å². The minimum Gasteiger partial charge on any atom is -0.444 e. The number of epoxide rings is 1. The van der Waals surface area contributed by atoms with Gasteiger partial charge in [0, 0.05) is 10.0 Å². The predicted octanol–water partition coefficient (Wildman–Crippen LogP) is 4.04. The van der Waals surface area contributed by atoms with Crippen molar-refractivity contribution in [1.82, 2.24) is 0 Å². The van der Waals surface area contributed by atoms with Crippen molar-refractivity contribution in [2.24, 2.45) is 0 Å². The van der Waals surface area contributed by atoms with Crippen molar-refractivity contribution < 1.29 is 14.3 Å². The molecule has 0 aliphatic carbocycles. The predicted molar refractivity (Wildman–Crippen MR) is 77.3 cm³/mol. The van der Waals surface area contributed by atoms with E-state index in [1.54, 1.807) is 0 Å². The number of carbonyl (C=O) groups excluding carboxylic acids is 1. The lowest BCUT2D eigenvalue weighted by Gasteiger charge is -2.21. The highest BCUT2D eigenvalue weighted by atomic mass is 79.9. The highest BCUT2D eigenvalue weighted by Crippen LogP contribution is 2.42. The molecular weight excluding hydrogens is 310 g/mol. The number of hydrogen-bond donors (Lipinski definition) is 1. The van der Waals surface area contributed by atoms with Crippen LogP contribution in [0.1, 0.15) is 33.3 Å². The van der Waals surface area contributed by atoms with Crippen LogP contribution in [0.15, 0.2) is 22.7 Å². The van der Waals surface area contributed by atoms with Crippen molar-refractivity contribution in [2.75, 3.05) is 11.9 Å². The number of amides is 1. The lowest BCUT2D eigenvalue weighted by molar-refractivity contribution is 0.0635. The molecule has 1 saturated heterocycles. The van der Waals surface area contributed by atoms with Crippen LogP contribution in [-0.4, -0.2) is 18.3 Å². The van der Waals surface area contributed by atoms with Gasteiger partial charge in [0.25, 0.3) is 0 Å². The molecule has 0 spiro atoms. The first-order valence-electron chi connectivity index (χ1n) is 6.14. The second-order valence-electron chi connectivity index (χ2n) is 5.84. The van der Waals surface area contributed by atoms with Crippen LogP contribution < -0.4 is 5.32 Å². The summed E-state index contributed by atoms with van der Waals surface area (Å²) < 4.78 is 11.6. The molecule has 1 atom stereocenters. The van der Waals surface area contributed by atoms with Crippen LogP contribution in [0.25, 0.3) is 0 Å². The quantitative estimate of drug-likeness (QED) is 0.834. The molecule has 0 saturated carbocycles. The van der Waals surface area contributed by atoms with Gasteiger partial charge in [0.1, 0.15) is 11.2 Å². The number of nitrogens with one attached hydrogen (secondary N) is 1. The third-order valence-electron chi connectivity index (χ3n) is 2.76. The van der Waals surface area contributed by atoms with Gasteiger partial charge >= 0.3 is 6.09 Å². The van der Waals surface area contributed by atoms with Crippen LogP contribution >= 0.6 is 15.9 Å². The average Bonchev–Trinajstić information content (AvgIpc) is 2.94. The molecule has 104 valence electrons. The summed E-state index contributed by atoms with van der Waals surface area (Å²) in [6.45, 7) is 8.16. The summed E-state index contributed by atoms with van der Waals surface area (Å²) in [5, 5.41) is 2.78. The van der Waals surface area contributed by atoms with Crippen molar-refractivity contribution in [1.29, 1.82) is 0 Å². The fraction of sp³-hybridized carbons (Fsp3) is 0.500. The lowest BCUT2D eigenvalue weighted by Crippen LogP contribution is -2.27. The lowest BCUT2D eigenvalue weighted by atomic mass is 10.0. The minimum atomic E-state index is -0.518. The number of rotatable bonds is 2. The van der Waals surface area contributed by atoms with E-state index in [0.29, 0.717) is 12.3 Å². The molecule has 1 aliphatic heterocycles. The van der Waals surface area contributed by atoms with E-state index in [9.17, 15) is 4.79 Å². The Kier molecular flexibility index (Phi) is 3.62. The molecule has 5 heteroatoms. The van der Waals surface area contributed by atoms with Crippen molar-refractivity contribution in [3.8, 4) is 0 Å². The molecule has 1 unspecified atom stereocenters. The summed E-state index contributed by atoms with van der Waals surface area (Å²) in [7, 11) is 0. The summed E-state index contributed by atoms with van der Waals surface area (Å²) in [6.07, 6.45) is -0.462. The van der Waals surface area contributed by atoms with Crippen molar-refractivity contribution in [2.45, 2.75) is 38.9 Å². The smallest absolute Gasteiger partial charge is 0.412 e. The summed E-state index contributed by atoms with van der Waals surface area (Å²) in [5.74, 6) is 0. The number of carbonyl (C=O) groups is 1. The summed E-state index contributed by atoms with van der Waals surface area (Å²) in [5.41, 5.74) is 0.853. The molecule has 1 aromatic carbocycles. The van der Waals surface area contributed by atoms with Crippen LogP contribution in [0.4, 0.5) is 10.5 Å². The monoisotopic (exact) mass is 327 g/mol. The molecule has 1 amide bonds. The van der Waals surface area contributed by atoms with Gasteiger partial charge < -0.3 is 9.47 Å². The van der Waals surface area contributed by atoms with Gasteiger partial charge in [0.15, 0.2) is 0 Å². The largest absolute Gasteiger partial charge is 0.444 e. The van der Waals surface area contributed by atoms with E-state index < -0.39 is 11.7 Å². The normalized spacial score (nSPS) is 21.9. The standard InChI is InChI=1S/C14H18BrNO3/c1-13(2,3)19-12(17)16-11-7-9(15)5-6-10(11)14(4)8-18-14/h5-7H,8H2,1-4H3,(H,16,17). The maximum Gasteiger partial charge on any atom is 0.412 e. The highest BCUT2D eigenvalue weighted by Gasteiger charge is 2.43. The van der Waals surface area contributed by atoms with Crippen LogP contribution in [0.3, 0.4) is 0 Å². The molecule has 1 aromatic rings. The Morgan fingerprint density at radius 3 is 2.63 bits per heavy atom. The topological polar surface area (TPSA) is 50.9 Å². The first-order valence-corrected chi connectivity index (χ1v) is 6.93. The molecule has 19 heavy (non-hydrogen) atoms. The van der Waals surface area contributed by atoms with Crippen LogP contribution in [0.2, 0.25) is 0 Å². The van der Waals surface area contributed by atoms with E-state index in [1.165, 1.54) is 0 Å². The van der Waals surface area contributed by atoms with Gasteiger partial charge in [-0.05, 0) is 39.8 Å². The fourth-order valence-electron chi connectivity index (χ4n) is 1.76. The Morgan fingerprint density at radius 2 is 2.11 bits per heavy atom. The Bertz CT molecular complexity index is 504. The molecule has 4 nitrogen and oxygen atoms in total. The average molecular weight is 328 g/mol. The summed E-state index contributed by atoms with van der Waals surface area (Å²) in [6, 6.07) is 5.73. The number of benzene rings is 1. The maximum atomic E-state index is 11.8. The molecule has 1 aliphatic rings. The van der Waals surface area contributed by atoms with Gasteiger partial charge in [-0.2, -0.15) is 0 Å². The first kappa shape index (κ1) is 14.3. The van der Waals surface area contributed by atoms with Crippen molar-refractivity contribution in [3.05, 3.63) is 28.2 Å². The van der Waals surface area contributed by atoms with E-state index in [0.717, 1.165) is 10.0 Å². The van der Waals surface area contributed by atoms with Crippen LogP contribution in [0.5, 0.6) is 0 Å². The Morgan fingerprint density at radius 1 is 1.47 bits per heavy atom. The summed E-state index contributed by atoms with van der Waals surface area (Å²) in [4.78, 5) is 11.8. The van der Waals surface area contributed by atoms with Crippen LogP contribution in [0, 0.1) is 0 Å². The summed E-state index contributed by atoms with van der Waals surface area (Å²) >= 11 is 3.40. The maximum absolute atomic E-state index is 11.8. The molecule has 2 rings (SSSR count). The molecular formula is C14H18BrNO3. The van der Waals surface area contributed by atoms with Gasteiger partial charge in [-0.3, -0.25) is 5.32 Å². The van der Waals surface area contributed by atoms with E-state index in [4.69, 9.17) is 9.47 Å². The number of halogens is 1. The fourth-order valence-corrected chi connectivity index (χ4v) is 2.12.